The highest BCUT2D eigenvalue weighted by atomic mass is 79.9. The number of allylic oxidation sites excluding steroid dienone is 2. The van der Waals surface area contributed by atoms with Crippen LogP contribution >= 0.6 is 47.8 Å². The summed E-state index contributed by atoms with van der Waals surface area (Å²) in [6, 6.07) is 0. The highest BCUT2D eigenvalue weighted by Gasteiger charge is 1.81. The average molecular weight is 293 g/mol. The molecule has 42 valence electrons. The van der Waals surface area contributed by atoms with Crippen molar-refractivity contribution in [1.29, 1.82) is 0 Å². The monoisotopic (exact) mass is 290 g/mol. The molecule has 0 aromatic carbocycles. The van der Waals surface area contributed by atoms with E-state index in [1.165, 1.54) is 4.48 Å². The number of alkyl halides is 2. The molecule has 0 heterocycles. The minimum Gasteiger partial charge on any atom is -0.0883 e. The molecule has 0 spiro atoms. The van der Waals surface area contributed by atoms with Crippen LogP contribution in [0.15, 0.2) is 10.6 Å². The van der Waals surface area contributed by atoms with Gasteiger partial charge in [0.25, 0.3) is 0 Å². The Balaban J connectivity index is 3.29. The van der Waals surface area contributed by atoms with Crippen LogP contribution in [0.5, 0.6) is 0 Å². The number of rotatable bonds is 2. The fourth-order valence-corrected chi connectivity index (χ4v) is 1.35. The molecule has 0 aliphatic rings. The summed E-state index contributed by atoms with van der Waals surface area (Å²) in [5, 5.41) is 1.82. The van der Waals surface area contributed by atoms with Gasteiger partial charge in [-0.2, -0.15) is 0 Å². The van der Waals surface area contributed by atoms with E-state index < -0.39 is 0 Å². The van der Waals surface area contributed by atoms with Crippen LogP contribution in [-0.4, -0.2) is 10.7 Å². The molecule has 0 nitrogen and oxygen atoms in total. The fraction of sp³-hybridized carbons (Fsp3) is 0.500. The van der Waals surface area contributed by atoms with Gasteiger partial charge < -0.3 is 0 Å². The van der Waals surface area contributed by atoms with Crippen LogP contribution in [0.3, 0.4) is 0 Å². The third kappa shape index (κ3) is 5.04. The minimum absolute atomic E-state index is 0.901. The predicted octanol–water partition coefficient (Wildman–Crippen LogP) is 3.06. The van der Waals surface area contributed by atoms with Gasteiger partial charge in [0.1, 0.15) is 0 Å². The zero-order chi connectivity index (χ0) is 5.70. The normalized spacial score (nSPS) is 12.1. The van der Waals surface area contributed by atoms with E-state index in [9.17, 15) is 0 Å². The smallest absolute Gasteiger partial charge is 0.0346 e. The highest BCUT2D eigenvalue weighted by Crippen LogP contribution is 2.07. The number of hydrogen-bond acceptors (Lipinski definition) is 0. The molecule has 0 saturated heterocycles. The summed E-state index contributed by atoms with van der Waals surface area (Å²) < 4.78 is 1.18. The van der Waals surface area contributed by atoms with Crippen LogP contribution in [0.2, 0.25) is 0 Å². The molecule has 0 radical (unpaired) electrons. The van der Waals surface area contributed by atoms with Crippen LogP contribution in [0, 0.1) is 0 Å². The van der Waals surface area contributed by atoms with Crippen molar-refractivity contribution < 1.29 is 0 Å². The van der Waals surface area contributed by atoms with Crippen molar-refractivity contribution >= 4 is 47.8 Å². The first-order valence-corrected chi connectivity index (χ1v) is 4.81. The van der Waals surface area contributed by atoms with Gasteiger partial charge in [0.2, 0.25) is 0 Å². The number of halogens is 3. The van der Waals surface area contributed by atoms with Crippen molar-refractivity contribution in [3.63, 3.8) is 0 Å². The molecule has 0 unspecified atom stereocenters. The van der Waals surface area contributed by atoms with Crippen molar-refractivity contribution in [2.75, 3.05) is 10.7 Å². The first-order valence-electron chi connectivity index (χ1n) is 1.77. The van der Waals surface area contributed by atoms with Gasteiger partial charge >= 0.3 is 0 Å². The quantitative estimate of drug-likeness (QED) is 0.686. The zero-order valence-electron chi connectivity index (χ0n) is 3.63. The molecule has 0 aliphatic heterocycles. The molecule has 0 atom stereocenters. The Kier molecular flexibility index (Phi) is 6.22. The van der Waals surface area contributed by atoms with Crippen LogP contribution < -0.4 is 0 Å². The standard InChI is InChI=1S/C4H5Br3/c5-2-1-4(7)3-6/h1H,2-3H2/b4-1-. The summed E-state index contributed by atoms with van der Waals surface area (Å²) >= 11 is 9.86. The molecule has 0 N–H and O–H groups in total. The second-order valence-corrected chi connectivity index (χ2v) is 3.17. The van der Waals surface area contributed by atoms with Gasteiger partial charge in [-0.05, 0) is 0 Å². The third-order valence-electron chi connectivity index (χ3n) is 0.426. The van der Waals surface area contributed by atoms with Gasteiger partial charge in [0.05, 0.1) is 0 Å². The van der Waals surface area contributed by atoms with Crippen molar-refractivity contribution in [3.05, 3.63) is 10.6 Å². The largest absolute Gasteiger partial charge is 0.0883 e. The van der Waals surface area contributed by atoms with Crippen LogP contribution in [0.25, 0.3) is 0 Å². The Hall–Kier alpha value is 1.18. The third-order valence-corrected chi connectivity index (χ3v) is 2.71. The summed E-state index contributed by atoms with van der Waals surface area (Å²) in [7, 11) is 0. The lowest BCUT2D eigenvalue weighted by Gasteiger charge is -1.83. The van der Waals surface area contributed by atoms with Gasteiger partial charge in [-0.25, -0.2) is 0 Å². The van der Waals surface area contributed by atoms with Crippen molar-refractivity contribution in [2.45, 2.75) is 0 Å². The maximum absolute atomic E-state index is 3.32. The minimum atomic E-state index is 0.901. The van der Waals surface area contributed by atoms with E-state index >= 15 is 0 Å². The lowest BCUT2D eigenvalue weighted by Crippen LogP contribution is -1.69. The Morgan fingerprint density at radius 2 is 2.00 bits per heavy atom. The Morgan fingerprint density at radius 1 is 1.43 bits per heavy atom. The van der Waals surface area contributed by atoms with Crippen molar-refractivity contribution in [3.8, 4) is 0 Å². The maximum Gasteiger partial charge on any atom is 0.0346 e. The summed E-state index contributed by atoms with van der Waals surface area (Å²) in [5.74, 6) is 0. The lowest BCUT2D eigenvalue weighted by molar-refractivity contribution is 1.67. The molecule has 0 aromatic rings. The van der Waals surface area contributed by atoms with Crippen molar-refractivity contribution in [1.82, 2.24) is 0 Å². The van der Waals surface area contributed by atoms with Gasteiger partial charge in [0.15, 0.2) is 0 Å². The summed E-state index contributed by atoms with van der Waals surface area (Å²) in [6.45, 7) is 0. The van der Waals surface area contributed by atoms with Crippen LogP contribution in [0.4, 0.5) is 0 Å². The Morgan fingerprint density at radius 3 is 2.14 bits per heavy atom. The van der Waals surface area contributed by atoms with E-state index in [-0.39, 0.29) is 0 Å². The first-order chi connectivity index (χ1) is 3.31. The molecule has 0 saturated carbocycles. The summed E-state index contributed by atoms with van der Waals surface area (Å²) in [5.41, 5.74) is 0. The first kappa shape index (κ1) is 8.18. The zero-order valence-corrected chi connectivity index (χ0v) is 8.38. The molecule has 0 aliphatic carbocycles. The highest BCUT2D eigenvalue weighted by molar-refractivity contribution is 9.13. The van der Waals surface area contributed by atoms with E-state index in [2.05, 4.69) is 53.9 Å². The molecular formula is C4H5Br3. The topological polar surface area (TPSA) is 0 Å². The maximum atomic E-state index is 3.32. The Labute approximate surface area is 68.7 Å². The van der Waals surface area contributed by atoms with E-state index in [0.717, 1.165) is 10.7 Å². The molecule has 7 heavy (non-hydrogen) atoms. The van der Waals surface area contributed by atoms with Crippen LogP contribution in [-0.2, 0) is 0 Å². The molecule has 0 bridgehead atoms. The predicted molar refractivity (Wildman–Crippen MR) is 44.6 cm³/mol. The Bertz CT molecular complexity index is 67.3. The molecule has 0 fully saturated rings. The van der Waals surface area contributed by atoms with E-state index in [1.54, 1.807) is 0 Å². The second kappa shape index (κ2) is 5.32. The van der Waals surface area contributed by atoms with E-state index in [0.29, 0.717) is 0 Å². The van der Waals surface area contributed by atoms with Crippen molar-refractivity contribution in [2.24, 2.45) is 0 Å². The van der Waals surface area contributed by atoms with Gasteiger partial charge in [-0.15, -0.1) is 0 Å². The fourth-order valence-electron chi connectivity index (χ4n) is 0.138. The molecule has 0 aromatic heterocycles. The van der Waals surface area contributed by atoms with Crippen LogP contribution in [0.1, 0.15) is 0 Å². The second-order valence-electron chi connectivity index (χ2n) is 0.939. The summed E-state index contributed by atoms with van der Waals surface area (Å²) in [6.07, 6.45) is 2.05. The SMILES string of the molecule is BrC/C=C(\Br)CBr. The van der Waals surface area contributed by atoms with E-state index in [1.807, 2.05) is 0 Å². The van der Waals surface area contributed by atoms with Gasteiger partial charge in [-0.1, -0.05) is 53.9 Å². The lowest BCUT2D eigenvalue weighted by atomic mass is 10.6. The molecule has 0 rings (SSSR count). The number of hydrogen-bond donors (Lipinski definition) is 0. The van der Waals surface area contributed by atoms with E-state index in [4.69, 9.17) is 0 Å². The molecular weight excluding hydrogens is 288 g/mol. The molecule has 3 heteroatoms. The average Bonchev–Trinajstić information content (AvgIpc) is 1.68. The van der Waals surface area contributed by atoms with Gasteiger partial charge in [-0.3, -0.25) is 0 Å². The van der Waals surface area contributed by atoms with Gasteiger partial charge in [0, 0.05) is 15.1 Å². The molecule has 0 amide bonds. The summed E-state index contributed by atoms with van der Waals surface area (Å²) in [4.78, 5) is 0.